The van der Waals surface area contributed by atoms with Crippen LogP contribution in [0.25, 0.3) is 0 Å². The van der Waals surface area contributed by atoms with Gasteiger partial charge in [-0.1, -0.05) is 32.1 Å². The molecule has 11 heteroatoms. The zero-order valence-corrected chi connectivity index (χ0v) is 54.0. The standard InChI is InChI=1S/C9H15N.C9H17N.2C8H15N.2C7H14N2.3C7H13N/c1-10-6-8-3-2-4-9(8,5-8)7-10;1-10-8-4-2-5-9(10)7-3-6-8;1-9-5-7-3-2-4-8(7)6-9;1-9-7-3-2-4-8(9)6-5-7;1-9-4-6-2-3-7(5-9)8-6;1-9-6-2-3-7(9)5-8-4-6;2*1-8-5-6-2-3-7(8)4-6;1-8-6-2-3-7(8)5-4-6/h2-7H2,1H3;8-9H,2-7H2,1H3;2*7-8H,2-6H2,1H3;2*6-8H,2-5H2,1H3;3*6-7H,2-5H2,1H3. The highest BCUT2D eigenvalue weighted by Gasteiger charge is 2.72. The number of piperidine rings is 6. The quantitative estimate of drug-likeness (QED) is 0.244. The van der Waals surface area contributed by atoms with Gasteiger partial charge in [-0.15, -0.1) is 0 Å². The molecule has 19 fully saturated rings. The summed E-state index contributed by atoms with van der Waals surface area (Å²) in [6.45, 7) is 13.3. The number of fused-ring (bicyclic) bond motifs is 15. The van der Waals surface area contributed by atoms with Crippen molar-refractivity contribution in [2.24, 2.45) is 34.5 Å². The van der Waals surface area contributed by atoms with Crippen molar-refractivity contribution in [1.82, 2.24) is 54.7 Å². The zero-order valence-electron chi connectivity index (χ0n) is 54.0. The van der Waals surface area contributed by atoms with E-state index in [0.717, 1.165) is 107 Å². The lowest BCUT2D eigenvalue weighted by molar-refractivity contribution is 0.0673. The Bertz CT molecular complexity index is 1710. The van der Waals surface area contributed by atoms with E-state index in [-0.39, 0.29) is 0 Å². The van der Waals surface area contributed by atoms with Gasteiger partial charge in [-0.2, -0.15) is 0 Å². The first-order chi connectivity index (χ1) is 38.7. The predicted octanol–water partition coefficient (Wildman–Crippen LogP) is 10.0. The Morgan fingerprint density at radius 1 is 0.312 bits per heavy atom. The molecule has 460 valence electrons. The van der Waals surface area contributed by atoms with E-state index in [4.69, 9.17) is 0 Å². The topological polar surface area (TPSA) is 53.2 Å². The van der Waals surface area contributed by atoms with Crippen LogP contribution in [0.15, 0.2) is 0 Å². The van der Waals surface area contributed by atoms with Crippen LogP contribution < -0.4 is 10.6 Å². The first kappa shape index (κ1) is 61.2. The normalized spacial score (nSPS) is 46.0. The van der Waals surface area contributed by atoms with Gasteiger partial charge in [-0.05, 0) is 271 Å². The largest absolute Gasteiger partial charge is 0.314 e. The van der Waals surface area contributed by atoms with Crippen molar-refractivity contribution in [1.29, 1.82) is 0 Å². The van der Waals surface area contributed by atoms with Crippen molar-refractivity contribution >= 4 is 0 Å². The third kappa shape index (κ3) is 14.7. The summed E-state index contributed by atoms with van der Waals surface area (Å²) in [5, 5.41) is 7.01. The fourth-order valence-electron chi connectivity index (χ4n) is 21.7. The first-order valence-corrected chi connectivity index (χ1v) is 35.5. The molecule has 0 aromatic rings. The van der Waals surface area contributed by atoms with Crippen LogP contribution in [0.2, 0.25) is 0 Å². The number of nitrogens with one attached hydrogen (secondary N) is 2. The van der Waals surface area contributed by atoms with Crippen molar-refractivity contribution in [2.75, 3.05) is 129 Å². The van der Waals surface area contributed by atoms with Gasteiger partial charge in [0.15, 0.2) is 0 Å². The molecule has 14 bridgehead atoms. The van der Waals surface area contributed by atoms with Gasteiger partial charge in [0.1, 0.15) is 0 Å². The van der Waals surface area contributed by atoms with Crippen LogP contribution in [0.5, 0.6) is 0 Å². The molecule has 14 atom stereocenters. The molecular weight excluding hydrogens is 983 g/mol. The third-order valence-electron chi connectivity index (χ3n) is 26.7. The van der Waals surface area contributed by atoms with E-state index in [1.807, 2.05) is 0 Å². The molecule has 0 aromatic carbocycles. The molecule has 0 aromatic heterocycles. The first-order valence-electron chi connectivity index (χ1n) is 35.5. The average molecular weight is 1110 g/mol. The van der Waals surface area contributed by atoms with Crippen LogP contribution in [0.3, 0.4) is 0 Å². The highest BCUT2D eigenvalue weighted by molar-refractivity contribution is 5.23. The molecule has 0 amide bonds. The smallest absolute Gasteiger partial charge is 0.0221 e. The van der Waals surface area contributed by atoms with Gasteiger partial charge in [0.2, 0.25) is 0 Å². The van der Waals surface area contributed by atoms with E-state index in [1.54, 1.807) is 6.42 Å². The fraction of sp³-hybridized carbons (Fsp3) is 1.00. The van der Waals surface area contributed by atoms with E-state index in [2.05, 4.69) is 118 Å². The molecule has 14 aliphatic heterocycles. The molecule has 80 heavy (non-hydrogen) atoms. The van der Waals surface area contributed by atoms with Crippen molar-refractivity contribution < 1.29 is 0 Å². The lowest BCUT2D eigenvalue weighted by Crippen LogP contribution is -2.49. The van der Waals surface area contributed by atoms with Crippen molar-refractivity contribution in [3.8, 4) is 0 Å². The number of hydrogen-bond acceptors (Lipinski definition) is 11. The summed E-state index contributed by atoms with van der Waals surface area (Å²) in [5.74, 6) is 4.31. The Kier molecular flexibility index (Phi) is 21.2. The molecule has 0 spiro atoms. The fourth-order valence-corrected chi connectivity index (χ4v) is 21.7. The SMILES string of the molecule is CN1C2CCC1CC2.CN1C2CCC1CNC2.CN1C2CCCC1CC2.CN1C2CCCC1CCC2.CN1CC23CCCC2(C1)C3.CN1CC2CCC(C1)N2.CN1CC2CCC1C2.CN1CC2CCC1C2.CN1CC2CCCC2C1. The minimum atomic E-state index is 0.814. The number of hydrogen-bond donors (Lipinski definition) is 2. The Labute approximate surface area is 493 Å². The van der Waals surface area contributed by atoms with Crippen molar-refractivity contribution in [3.05, 3.63) is 0 Å². The Morgan fingerprint density at radius 3 is 1.00 bits per heavy atom. The van der Waals surface area contributed by atoms with E-state index < -0.39 is 0 Å². The maximum Gasteiger partial charge on any atom is 0.0221 e. The van der Waals surface area contributed by atoms with E-state index >= 15 is 0 Å². The molecule has 14 heterocycles. The van der Waals surface area contributed by atoms with Crippen LogP contribution in [0, 0.1) is 34.5 Å². The second kappa shape index (κ2) is 27.7. The molecule has 0 radical (unpaired) electrons. The molecule has 5 saturated carbocycles. The van der Waals surface area contributed by atoms with Gasteiger partial charge in [-0.3, -0.25) is 4.90 Å². The molecule has 14 unspecified atom stereocenters. The summed E-state index contributed by atoms with van der Waals surface area (Å²) in [4.78, 5) is 22.7. The second-order valence-corrected chi connectivity index (χ2v) is 32.0. The number of rotatable bonds is 0. The molecule has 14 saturated heterocycles. The van der Waals surface area contributed by atoms with Crippen LogP contribution in [-0.4, -0.2) is 245 Å². The van der Waals surface area contributed by atoms with Gasteiger partial charge in [0.05, 0.1) is 0 Å². The number of likely N-dealkylation sites (tertiary alicyclic amines) is 5. The van der Waals surface area contributed by atoms with Crippen molar-refractivity contribution in [2.45, 2.75) is 278 Å². The minimum Gasteiger partial charge on any atom is -0.314 e. The summed E-state index contributed by atoms with van der Waals surface area (Å²) in [6.07, 6.45) is 47.4. The Hall–Kier alpha value is -0.440. The maximum atomic E-state index is 3.58. The van der Waals surface area contributed by atoms with Crippen molar-refractivity contribution in [3.63, 3.8) is 0 Å². The number of likely N-dealkylation sites (N-methyl/N-ethyl adjacent to an activating group) is 2. The van der Waals surface area contributed by atoms with E-state index in [9.17, 15) is 0 Å². The van der Waals surface area contributed by atoms with Gasteiger partial charge in [-0.25, -0.2) is 0 Å². The highest BCUT2D eigenvalue weighted by Crippen LogP contribution is 2.76. The third-order valence-corrected chi connectivity index (χ3v) is 26.7. The second-order valence-electron chi connectivity index (χ2n) is 32.0. The average Bonchev–Trinajstić information content (AvgIpc) is 4.24. The summed E-state index contributed by atoms with van der Waals surface area (Å²) in [5.41, 5.74) is 1.70. The predicted molar refractivity (Wildman–Crippen MR) is 337 cm³/mol. The molecule has 11 nitrogen and oxygen atoms in total. The minimum absolute atomic E-state index is 0.814. The Morgan fingerprint density at radius 2 is 0.662 bits per heavy atom. The van der Waals surface area contributed by atoms with Crippen LogP contribution >= 0.6 is 0 Å². The monoisotopic (exact) mass is 1110 g/mol. The van der Waals surface area contributed by atoms with Gasteiger partial charge in [0.25, 0.3) is 0 Å². The van der Waals surface area contributed by atoms with Crippen LogP contribution in [0.4, 0.5) is 0 Å². The van der Waals surface area contributed by atoms with Crippen LogP contribution in [0.1, 0.15) is 205 Å². The van der Waals surface area contributed by atoms with Crippen LogP contribution in [-0.2, 0) is 0 Å². The highest BCUT2D eigenvalue weighted by atomic mass is 15.3. The lowest BCUT2D eigenvalue weighted by atomic mass is 9.85. The lowest BCUT2D eigenvalue weighted by Gasteiger charge is -2.43. The molecular formula is C69H129N11. The number of nitrogens with zero attached hydrogens (tertiary/aromatic N) is 9. The van der Waals surface area contributed by atoms with Gasteiger partial charge >= 0.3 is 0 Å². The van der Waals surface area contributed by atoms with Gasteiger partial charge < -0.3 is 49.8 Å². The molecule has 5 aliphatic carbocycles. The summed E-state index contributed by atoms with van der Waals surface area (Å²) >= 11 is 0. The summed E-state index contributed by atoms with van der Waals surface area (Å²) in [6, 6.07) is 11.0. The van der Waals surface area contributed by atoms with E-state index in [0.29, 0.717) is 0 Å². The van der Waals surface area contributed by atoms with Gasteiger partial charge in [0, 0.05) is 138 Å². The summed E-state index contributed by atoms with van der Waals surface area (Å²) < 4.78 is 0. The zero-order chi connectivity index (χ0) is 55.5. The Balaban J connectivity index is 0.0000000950. The summed E-state index contributed by atoms with van der Waals surface area (Å²) in [7, 11) is 20.4. The van der Waals surface area contributed by atoms with E-state index in [1.165, 1.54) is 264 Å². The number of piperazine rings is 2. The maximum absolute atomic E-state index is 3.58. The molecule has 2 N–H and O–H groups in total. The molecule has 19 aliphatic rings. The molecule has 19 rings (SSSR count).